The fraction of sp³-hybridized carbons (Fsp3) is 0.500. The van der Waals surface area contributed by atoms with Crippen LogP contribution in [0.4, 0.5) is 10.5 Å². The van der Waals surface area contributed by atoms with Crippen molar-refractivity contribution in [2.45, 2.75) is 26.4 Å². The lowest BCUT2D eigenvalue weighted by Crippen LogP contribution is -2.51. The zero-order valence-electron chi connectivity index (χ0n) is 14.2. The molecule has 1 fully saturated rings. The molecule has 1 aliphatic rings. The Bertz CT molecular complexity index is 651. The molecule has 0 spiro atoms. The van der Waals surface area contributed by atoms with E-state index in [1.54, 1.807) is 34.1 Å². The van der Waals surface area contributed by atoms with Crippen LogP contribution >= 0.6 is 0 Å². The van der Waals surface area contributed by atoms with Crippen LogP contribution in [0.2, 0.25) is 0 Å². The number of carbonyl (C=O) groups is 2. The van der Waals surface area contributed by atoms with Crippen molar-refractivity contribution in [1.29, 1.82) is 5.53 Å². The number of ether oxygens (including phenoxy) is 1. The van der Waals surface area contributed by atoms with Crippen molar-refractivity contribution in [3.05, 3.63) is 29.8 Å². The minimum absolute atomic E-state index is 0.0896. The van der Waals surface area contributed by atoms with Crippen LogP contribution in [0.5, 0.6) is 0 Å². The number of amides is 2. The summed E-state index contributed by atoms with van der Waals surface area (Å²) in [6, 6.07) is 6.60. The molecule has 1 aromatic rings. The molecule has 0 aromatic heterocycles. The van der Waals surface area contributed by atoms with Gasteiger partial charge in [-0.15, -0.1) is 0 Å². The van der Waals surface area contributed by atoms with Crippen molar-refractivity contribution in [2.75, 3.05) is 26.2 Å². The quantitative estimate of drug-likeness (QED) is 0.665. The van der Waals surface area contributed by atoms with E-state index in [1.807, 2.05) is 20.8 Å². The zero-order chi connectivity index (χ0) is 17.7. The maximum Gasteiger partial charge on any atom is 0.410 e. The lowest BCUT2D eigenvalue weighted by Gasteiger charge is -2.35. The molecule has 0 unspecified atom stereocenters. The molecule has 0 aliphatic carbocycles. The second-order valence-electron chi connectivity index (χ2n) is 6.51. The third-order valence-electron chi connectivity index (χ3n) is 3.50. The lowest BCUT2D eigenvalue weighted by molar-refractivity contribution is 0.0141. The van der Waals surface area contributed by atoms with E-state index in [9.17, 15) is 9.59 Å². The number of rotatable bonds is 2. The van der Waals surface area contributed by atoms with Crippen LogP contribution in [0.1, 0.15) is 31.1 Å². The van der Waals surface area contributed by atoms with Crippen LogP contribution < -0.4 is 4.91 Å². The maximum absolute atomic E-state index is 12.5. The maximum atomic E-state index is 12.5. The summed E-state index contributed by atoms with van der Waals surface area (Å²) in [5.74, 6) is -0.0896. The van der Waals surface area contributed by atoms with Crippen molar-refractivity contribution in [1.82, 2.24) is 14.7 Å². The molecule has 0 saturated carbocycles. The number of nitrogens with zero attached hydrogens (tertiary/aromatic N) is 4. The van der Waals surface area contributed by atoms with E-state index in [2.05, 4.69) is 10.0 Å². The first-order chi connectivity index (χ1) is 11.3. The summed E-state index contributed by atoms with van der Waals surface area (Å²) in [7, 11) is 0. The molecule has 1 N–H and O–H groups in total. The van der Waals surface area contributed by atoms with Gasteiger partial charge in [-0.25, -0.2) is 4.79 Å². The van der Waals surface area contributed by atoms with Gasteiger partial charge in [0.15, 0.2) is 10.8 Å². The number of piperazine rings is 1. The first kappa shape index (κ1) is 17.6. The summed E-state index contributed by atoms with van der Waals surface area (Å²) in [4.78, 5) is 30.8. The topological polar surface area (TPSA) is 100 Å². The number of nitrogens with one attached hydrogen (secondary N) is 1. The molecule has 8 nitrogen and oxygen atoms in total. The second-order valence-corrected chi connectivity index (χ2v) is 6.51. The van der Waals surface area contributed by atoms with E-state index in [-0.39, 0.29) is 12.0 Å². The lowest BCUT2D eigenvalue weighted by atomic mass is 10.1. The van der Waals surface area contributed by atoms with E-state index in [4.69, 9.17) is 10.3 Å². The van der Waals surface area contributed by atoms with Crippen molar-refractivity contribution in [3.8, 4) is 0 Å². The summed E-state index contributed by atoms with van der Waals surface area (Å²) < 4.78 is 5.34. The highest BCUT2D eigenvalue weighted by atomic mass is 16.6. The largest absolute Gasteiger partial charge is 0.444 e. The number of benzene rings is 1. The highest BCUT2D eigenvalue weighted by Crippen LogP contribution is 2.16. The van der Waals surface area contributed by atoms with Crippen molar-refractivity contribution >= 4 is 17.7 Å². The van der Waals surface area contributed by atoms with Crippen molar-refractivity contribution in [3.63, 3.8) is 0 Å². The summed E-state index contributed by atoms with van der Waals surface area (Å²) in [5.41, 5.74) is 7.23. The molecule has 128 valence electrons. The predicted molar refractivity (Wildman–Crippen MR) is 87.1 cm³/mol. The van der Waals surface area contributed by atoms with Gasteiger partial charge in [-0.2, -0.15) is 0 Å². The van der Waals surface area contributed by atoms with Crippen LogP contribution in [0.25, 0.3) is 0 Å². The Morgan fingerprint density at radius 2 is 1.62 bits per heavy atom. The summed E-state index contributed by atoms with van der Waals surface area (Å²) in [6.45, 7) is 7.31. The Hall–Kier alpha value is -2.73. The average Bonchev–Trinajstić information content (AvgIpc) is 2.54. The number of hydrogen-bond acceptors (Lipinski definition) is 5. The molecule has 0 radical (unpaired) electrons. The average molecular weight is 332 g/mol. The number of carbonyl (C=O) groups excluding carboxylic acids is 2. The molecule has 1 heterocycles. The van der Waals surface area contributed by atoms with Gasteiger partial charge in [-0.1, -0.05) is 0 Å². The molecular formula is C16H22N5O3+. The van der Waals surface area contributed by atoms with Crippen molar-refractivity contribution < 1.29 is 14.3 Å². The number of hydrogen-bond donors (Lipinski definition) is 1. The monoisotopic (exact) mass is 332 g/mol. The third-order valence-corrected chi connectivity index (χ3v) is 3.50. The van der Waals surface area contributed by atoms with Crippen LogP contribution in [0, 0.1) is 5.53 Å². The van der Waals surface area contributed by atoms with Gasteiger partial charge < -0.3 is 14.5 Å². The Labute approximate surface area is 140 Å². The zero-order valence-corrected chi connectivity index (χ0v) is 14.2. The molecular weight excluding hydrogens is 310 g/mol. The van der Waals surface area contributed by atoms with E-state index in [0.29, 0.717) is 37.4 Å². The van der Waals surface area contributed by atoms with Crippen LogP contribution in [0.15, 0.2) is 29.4 Å². The van der Waals surface area contributed by atoms with Crippen LogP contribution in [-0.2, 0) is 4.74 Å². The summed E-state index contributed by atoms with van der Waals surface area (Å²) in [6.07, 6.45) is -0.347. The third kappa shape index (κ3) is 4.63. The minimum atomic E-state index is -0.526. The van der Waals surface area contributed by atoms with E-state index in [1.165, 1.54) is 0 Å². The SMILES string of the molecule is CC(C)(C)OC(=O)N1CCN(C(=O)c2ccc(N=[N+]=N)cc2)CC1. The van der Waals surface area contributed by atoms with Gasteiger partial charge >= 0.3 is 6.09 Å². The molecule has 1 saturated heterocycles. The van der Waals surface area contributed by atoms with E-state index in [0.717, 1.165) is 0 Å². The molecule has 24 heavy (non-hydrogen) atoms. The highest BCUT2D eigenvalue weighted by Gasteiger charge is 2.28. The Balaban J connectivity index is 1.93. The van der Waals surface area contributed by atoms with Gasteiger partial charge in [0.25, 0.3) is 5.91 Å². The van der Waals surface area contributed by atoms with Crippen LogP contribution in [0.3, 0.4) is 0 Å². The van der Waals surface area contributed by atoms with Gasteiger partial charge in [0.2, 0.25) is 4.91 Å². The first-order valence-electron chi connectivity index (χ1n) is 7.75. The highest BCUT2D eigenvalue weighted by molar-refractivity contribution is 5.94. The second kappa shape index (κ2) is 7.23. The molecule has 2 amide bonds. The smallest absolute Gasteiger partial charge is 0.410 e. The molecule has 0 atom stereocenters. The fourth-order valence-electron chi connectivity index (χ4n) is 2.33. The van der Waals surface area contributed by atoms with Crippen molar-refractivity contribution in [2.24, 2.45) is 5.11 Å². The fourth-order valence-corrected chi connectivity index (χ4v) is 2.33. The first-order valence-corrected chi connectivity index (χ1v) is 7.75. The molecule has 2 rings (SSSR count). The Morgan fingerprint density at radius 3 is 2.12 bits per heavy atom. The predicted octanol–water partition coefficient (Wildman–Crippen LogP) is 2.56. The van der Waals surface area contributed by atoms with E-state index < -0.39 is 5.60 Å². The summed E-state index contributed by atoms with van der Waals surface area (Å²) >= 11 is 0. The van der Waals surface area contributed by atoms with Gasteiger partial charge in [0, 0.05) is 31.7 Å². The molecule has 1 aliphatic heterocycles. The minimum Gasteiger partial charge on any atom is -0.444 e. The standard InChI is InChI=1S/C16H22N5O3/c1-16(2,3)24-15(23)21-10-8-20(9-11-21)14(22)12-4-6-13(7-5-12)18-19-17/h4-7,17H,8-11H2,1-3H3/q+1. The molecule has 0 bridgehead atoms. The van der Waals surface area contributed by atoms with Gasteiger partial charge in [0.05, 0.1) is 0 Å². The van der Waals surface area contributed by atoms with E-state index >= 15 is 0 Å². The normalized spacial score (nSPS) is 14.8. The van der Waals surface area contributed by atoms with Crippen LogP contribution in [-0.4, -0.2) is 53.6 Å². The Morgan fingerprint density at radius 1 is 1.08 bits per heavy atom. The van der Waals surface area contributed by atoms with Gasteiger partial charge in [-0.05, 0) is 45.0 Å². The molecule has 1 aromatic carbocycles. The molecule has 8 heteroatoms. The Kier molecular flexibility index (Phi) is 5.31. The van der Waals surface area contributed by atoms with Gasteiger partial charge in [0.1, 0.15) is 11.1 Å². The summed E-state index contributed by atoms with van der Waals surface area (Å²) in [5, 5.41) is 3.59. The van der Waals surface area contributed by atoms with Gasteiger partial charge in [-0.3, -0.25) is 4.79 Å².